The lowest BCUT2D eigenvalue weighted by atomic mass is 10.1. The summed E-state index contributed by atoms with van der Waals surface area (Å²) in [6.07, 6.45) is 3.34. The molecule has 0 saturated heterocycles. The molecule has 6 nitrogen and oxygen atoms in total. The van der Waals surface area contributed by atoms with Crippen LogP contribution in [0, 0.1) is 5.92 Å². The molecule has 1 fully saturated rings. The summed E-state index contributed by atoms with van der Waals surface area (Å²) < 4.78 is 10.9. The fourth-order valence-electron chi connectivity index (χ4n) is 2.43. The number of rotatable bonds is 10. The van der Waals surface area contributed by atoms with E-state index >= 15 is 0 Å². The van der Waals surface area contributed by atoms with Gasteiger partial charge in [0, 0.05) is 24.6 Å². The summed E-state index contributed by atoms with van der Waals surface area (Å²) in [7, 11) is 1.53. The van der Waals surface area contributed by atoms with Crippen LogP contribution in [0.2, 0.25) is 0 Å². The Labute approximate surface area is 142 Å². The number of nitrogens with one attached hydrogen (secondary N) is 1. The van der Waals surface area contributed by atoms with Crippen molar-refractivity contribution >= 4 is 11.7 Å². The predicted molar refractivity (Wildman–Crippen MR) is 91.4 cm³/mol. The van der Waals surface area contributed by atoms with Gasteiger partial charge in [0.2, 0.25) is 5.91 Å². The van der Waals surface area contributed by atoms with Crippen molar-refractivity contribution in [3.8, 4) is 11.5 Å². The van der Waals surface area contributed by atoms with E-state index < -0.39 is 0 Å². The molecule has 1 saturated carbocycles. The minimum Gasteiger partial charge on any atom is -0.493 e. The molecule has 24 heavy (non-hydrogen) atoms. The van der Waals surface area contributed by atoms with Gasteiger partial charge in [-0.2, -0.15) is 0 Å². The van der Waals surface area contributed by atoms with Gasteiger partial charge in [-0.15, -0.1) is 0 Å². The number of nitrogens with two attached hydrogens (primary N) is 1. The van der Waals surface area contributed by atoms with Crippen molar-refractivity contribution in [2.45, 2.75) is 38.6 Å². The van der Waals surface area contributed by atoms with Crippen LogP contribution in [0.1, 0.15) is 43.0 Å². The summed E-state index contributed by atoms with van der Waals surface area (Å²) in [5.41, 5.74) is 6.52. The van der Waals surface area contributed by atoms with E-state index in [0.29, 0.717) is 49.0 Å². The maximum Gasteiger partial charge on any atom is 0.220 e. The van der Waals surface area contributed by atoms with Crippen molar-refractivity contribution in [3.63, 3.8) is 0 Å². The lowest BCUT2D eigenvalue weighted by molar-refractivity contribution is -0.121. The van der Waals surface area contributed by atoms with Gasteiger partial charge in [-0.3, -0.25) is 9.59 Å². The SMILES string of the molecule is COc1cc(C(C)=O)ccc1OCCCC(=O)NCC(N)C1CC1. The number of ether oxygens (including phenoxy) is 2. The van der Waals surface area contributed by atoms with Gasteiger partial charge in [0.15, 0.2) is 17.3 Å². The number of ketones is 1. The summed E-state index contributed by atoms with van der Waals surface area (Å²) in [5, 5.41) is 2.86. The maximum atomic E-state index is 11.8. The third kappa shape index (κ3) is 5.53. The Kier molecular flexibility index (Phi) is 6.61. The fraction of sp³-hybridized carbons (Fsp3) is 0.556. The summed E-state index contributed by atoms with van der Waals surface area (Å²) >= 11 is 0. The van der Waals surface area contributed by atoms with Crippen molar-refractivity contribution in [3.05, 3.63) is 23.8 Å². The molecular formula is C18H26N2O4. The molecule has 0 heterocycles. The number of hydrogen-bond acceptors (Lipinski definition) is 5. The smallest absolute Gasteiger partial charge is 0.220 e. The molecule has 1 aromatic rings. The fourth-order valence-corrected chi connectivity index (χ4v) is 2.43. The highest BCUT2D eigenvalue weighted by Gasteiger charge is 2.28. The Balaban J connectivity index is 1.69. The van der Waals surface area contributed by atoms with Crippen molar-refractivity contribution in [1.29, 1.82) is 0 Å². The summed E-state index contributed by atoms with van der Waals surface area (Å²) in [6.45, 7) is 2.45. The highest BCUT2D eigenvalue weighted by molar-refractivity contribution is 5.94. The quantitative estimate of drug-likeness (QED) is 0.504. The molecule has 1 amide bonds. The third-order valence-corrected chi connectivity index (χ3v) is 4.14. The molecule has 6 heteroatoms. The normalized spacial score (nSPS) is 14.8. The molecule has 1 atom stereocenters. The minimum absolute atomic E-state index is 0.00593. The lowest BCUT2D eigenvalue weighted by Gasteiger charge is -2.13. The first kappa shape index (κ1) is 18.3. The minimum atomic E-state index is -0.0269. The molecule has 0 spiro atoms. The van der Waals surface area contributed by atoms with Gasteiger partial charge in [-0.1, -0.05) is 0 Å². The van der Waals surface area contributed by atoms with Crippen LogP contribution < -0.4 is 20.5 Å². The number of carbonyl (C=O) groups excluding carboxylic acids is 2. The van der Waals surface area contributed by atoms with Gasteiger partial charge in [0.1, 0.15) is 0 Å². The average Bonchev–Trinajstić information content (AvgIpc) is 3.41. The highest BCUT2D eigenvalue weighted by atomic mass is 16.5. The molecule has 132 valence electrons. The van der Waals surface area contributed by atoms with E-state index in [1.54, 1.807) is 18.2 Å². The molecule has 1 unspecified atom stereocenters. The molecule has 1 aliphatic carbocycles. The summed E-state index contributed by atoms with van der Waals surface area (Å²) in [6, 6.07) is 5.15. The van der Waals surface area contributed by atoms with E-state index in [0.717, 1.165) is 0 Å². The van der Waals surface area contributed by atoms with Gasteiger partial charge in [0.25, 0.3) is 0 Å². The number of amides is 1. The Morgan fingerprint density at radius 1 is 1.33 bits per heavy atom. The molecule has 3 N–H and O–H groups in total. The van der Waals surface area contributed by atoms with E-state index in [9.17, 15) is 9.59 Å². The molecule has 1 aliphatic rings. The number of methoxy groups -OCH3 is 1. The molecule has 2 rings (SSSR count). The van der Waals surface area contributed by atoms with Crippen LogP contribution in [0.5, 0.6) is 11.5 Å². The number of carbonyl (C=O) groups is 2. The van der Waals surface area contributed by atoms with E-state index in [1.165, 1.54) is 26.9 Å². The first-order chi connectivity index (χ1) is 11.5. The number of Topliss-reactive ketones (excluding diaryl/α,β-unsaturated/α-hetero) is 1. The van der Waals surface area contributed by atoms with Crippen LogP contribution in [-0.4, -0.2) is 38.0 Å². The average molecular weight is 334 g/mol. The predicted octanol–water partition coefficient (Wildman–Crippen LogP) is 1.91. The van der Waals surface area contributed by atoms with Gasteiger partial charge in [-0.25, -0.2) is 0 Å². The Hall–Kier alpha value is -2.08. The van der Waals surface area contributed by atoms with Crippen molar-refractivity contribution in [1.82, 2.24) is 5.32 Å². The largest absolute Gasteiger partial charge is 0.493 e. The van der Waals surface area contributed by atoms with Gasteiger partial charge in [0.05, 0.1) is 13.7 Å². The van der Waals surface area contributed by atoms with Gasteiger partial charge in [-0.05, 0) is 50.3 Å². The molecular weight excluding hydrogens is 308 g/mol. The maximum absolute atomic E-state index is 11.8. The topological polar surface area (TPSA) is 90.6 Å². The molecule has 0 bridgehead atoms. The van der Waals surface area contributed by atoms with E-state index in [1.807, 2.05) is 0 Å². The Morgan fingerprint density at radius 3 is 2.71 bits per heavy atom. The molecule has 0 aromatic heterocycles. The van der Waals surface area contributed by atoms with Crippen LogP contribution in [0.4, 0.5) is 0 Å². The van der Waals surface area contributed by atoms with Crippen LogP contribution in [0.25, 0.3) is 0 Å². The second-order valence-corrected chi connectivity index (χ2v) is 6.18. The monoisotopic (exact) mass is 334 g/mol. The van der Waals surface area contributed by atoms with Crippen LogP contribution in [-0.2, 0) is 4.79 Å². The van der Waals surface area contributed by atoms with Gasteiger partial charge >= 0.3 is 0 Å². The van der Waals surface area contributed by atoms with Crippen LogP contribution >= 0.6 is 0 Å². The lowest BCUT2D eigenvalue weighted by Crippen LogP contribution is -2.38. The van der Waals surface area contributed by atoms with E-state index in [-0.39, 0.29) is 17.7 Å². The first-order valence-electron chi connectivity index (χ1n) is 8.35. The van der Waals surface area contributed by atoms with Crippen molar-refractivity contribution < 1.29 is 19.1 Å². The van der Waals surface area contributed by atoms with Gasteiger partial charge < -0.3 is 20.5 Å². The first-order valence-corrected chi connectivity index (χ1v) is 8.35. The van der Waals surface area contributed by atoms with Crippen LogP contribution in [0.15, 0.2) is 18.2 Å². The Morgan fingerprint density at radius 2 is 2.08 bits per heavy atom. The second kappa shape index (κ2) is 8.68. The van der Waals surface area contributed by atoms with Crippen molar-refractivity contribution in [2.24, 2.45) is 11.7 Å². The molecule has 0 aliphatic heterocycles. The van der Waals surface area contributed by atoms with E-state index in [4.69, 9.17) is 15.2 Å². The zero-order valence-corrected chi connectivity index (χ0v) is 14.3. The summed E-state index contributed by atoms with van der Waals surface area (Å²) in [5.74, 6) is 1.63. The second-order valence-electron chi connectivity index (χ2n) is 6.18. The van der Waals surface area contributed by atoms with Crippen molar-refractivity contribution in [2.75, 3.05) is 20.3 Å². The highest BCUT2D eigenvalue weighted by Crippen LogP contribution is 2.31. The molecule has 0 radical (unpaired) electrons. The zero-order valence-electron chi connectivity index (χ0n) is 14.3. The molecule has 1 aromatic carbocycles. The number of benzene rings is 1. The standard InChI is InChI=1S/C18H26N2O4/c1-12(21)14-7-8-16(17(10-14)23-2)24-9-3-4-18(22)20-11-15(19)13-5-6-13/h7-8,10,13,15H,3-6,9,11,19H2,1-2H3,(H,20,22). The van der Waals surface area contributed by atoms with E-state index in [2.05, 4.69) is 5.32 Å². The zero-order chi connectivity index (χ0) is 17.5. The Bertz CT molecular complexity index is 584. The summed E-state index contributed by atoms with van der Waals surface area (Å²) in [4.78, 5) is 23.1. The number of hydrogen-bond donors (Lipinski definition) is 2. The van der Waals surface area contributed by atoms with Crippen LogP contribution in [0.3, 0.4) is 0 Å². The third-order valence-electron chi connectivity index (χ3n) is 4.14.